The highest BCUT2D eigenvalue weighted by Gasteiger charge is 2.09. The lowest BCUT2D eigenvalue weighted by molar-refractivity contribution is -0.120. The number of pyridine rings is 1. The van der Waals surface area contributed by atoms with E-state index in [-0.39, 0.29) is 5.91 Å². The lowest BCUT2D eigenvalue weighted by Crippen LogP contribution is -2.27. The summed E-state index contributed by atoms with van der Waals surface area (Å²) in [5.74, 6) is 1.29. The van der Waals surface area contributed by atoms with Crippen LogP contribution >= 0.6 is 0 Å². The molecule has 1 amide bonds. The Kier molecular flexibility index (Phi) is 6.87. The molecule has 2 aromatic carbocycles. The van der Waals surface area contributed by atoms with E-state index < -0.39 is 0 Å². The number of carbonyl (C=O) groups is 1. The number of nitrogens with zero attached hydrogens (tertiary/aromatic N) is 2. The minimum Gasteiger partial charge on any atom is -0.497 e. The molecule has 0 aliphatic carbocycles. The largest absolute Gasteiger partial charge is 0.497 e. The van der Waals surface area contributed by atoms with E-state index in [4.69, 9.17) is 4.74 Å². The molecule has 0 spiro atoms. The Morgan fingerprint density at radius 1 is 1.17 bits per heavy atom. The van der Waals surface area contributed by atoms with Gasteiger partial charge in [-0.05, 0) is 55.7 Å². The topological polar surface area (TPSA) is 87.0 Å². The van der Waals surface area contributed by atoms with Crippen LogP contribution in [0.4, 0.5) is 5.82 Å². The first kappa shape index (κ1) is 21.1. The highest BCUT2D eigenvalue weighted by atomic mass is 16.5. The van der Waals surface area contributed by atoms with Crippen LogP contribution in [0.3, 0.4) is 0 Å². The van der Waals surface area contributed by atoms with Crippen LogP contribution in [0.25, 0.3) is 10.9 Å². The predicted octanol–water partition coefficient (Wildman–Crippen LogP) is 3.89. The zero-order valence-electron chi connectivity index (χ0n) is 17.6. The van der Waals surface area contributed by atoms with Crippen molar-refractivity contribution < 1.29 is 9.53 Å². The van der Waals surface area contributed by atoms with Gasteiger partial charge in [-0.1, -0.05) is 23.8 Å². The lowest BCUT2D eigenvalue weighted by atomic mass is 10.1. The summed E-state index contributed by atoms with van der Waals surface area (Å²) < 4.78 is 5.18. The Balaban J connectivity index is 1.52. The SMILES string of the molecule is COc1cccc(CC(=O)NCCCNc2nc3c(C)cc(C)cc3cc2C#N)c1. The fourth-order valence-electron chi connectivity index (χ4n) is 3.42. The van der Waals surface area contributed by atoms with Gasteiger partial charge in [0.25, 0.3) is 0 Å². The number of ether oxygens (including phenoxy) is 1. The van der Waals surface area contributed by atoms with E-state index in [1.165, 1.54) is 0 Å². The standard InChI is InChI=1S/C24H26N4O2/c1-16-10-17(2)23-19(11-16)14-20(15-25)24(28-23)27-9-5-8-26-22(29)13-18-6-4-7-21(12-18)30-3/h4,6-7,10-12,14H,5,8-9,13H2,1-3H3,(H,26,29)(H,27,28). The van der Waals surface area contributed by atoms with Crippen molar-refractivity contribution in [1.82, 2.24) is 10.3 Å². The molecule has 6 heteroatoms. The molecule has 0 aliphatic heterocycles. The Morgan fingerprint density at radius 2 is 2.00 bits per heavy atom. The molecule has 0 saturated carbocycles. The van der Waals surface area contributed by atoms with Gasteiger partial charge in [-0.2, -0.15) is 5.26 Å². The third kappa shape index (κ3) is 5.26. The monoisotopic (exact) mass is 402 g/mol. The van der Waals surface area contributed by atoms with Crippen molar-refractivity contribution in [1.29, 1.82) is 5.26 Å². The zero-order chi connectivity index (χ0) is 21.5. The van der Waals surface area contributed by atoms with Gasteiger partial charge >= 0.3 is 0 Å². The van der Waals surface area contributed by atoms with Gasteiger partial charge in [0.15, 0.2) is 0 Å². The second-order valence-corrected chi connectivity index (χ2v) is 7.31. The molecule has 0 atom stereocenters. The van der Waals surface area contributed by atoms with Crippen molar-refractivity contribution in [2.45, 2.75) is 26.7 Å². The van der Waals surface area contributed by atoms with Crippen molar-refractivity contribution in [2.24, 2.45) is 0 Å². The van der Waals surface area contributed by atoms with Gasteiger partial charge in [0.2, 0.25) is 5.91 Å². The maximum atomic E-state index is 12.1. The number of fused-ring (bicyclic) bond motifs is 1. The van der Waals surface area contributed by atoms with E-state index in [2.05, 4.69) is 27.8 Å². The summed E-state index contributed by atoms with van der Waals surface area (Å²) in [5, 5.41) is 16.6. The molecule has 6 nitrogen and oxygen atoms in total. The van der Waals surface area contributed by atoms with E-state index in [0.29, 0.717) is 30.9 Å². The summed E-state index contributed by atoms with van der Waals surface area (Å²) in [6.45, 7) is 5.21. The van der Waals surface area contributed by atoms with Crippen LogP contribution in [0.15, 0.2) is 42.5 Å². The van der Waals surface area contributed by atoms with Crippen LogP contribution in [0.2, 0.25) is 0 Å². The molecule has 30 heavy (non-hydrogen) atoms. The van der Waals surface area contributed by atoms with Crippen LogP contribution in [-0.2, 0) is 11.2 Å². The highest BCUT2D eigenvalue weighted by molar-refractivity contribution is 5.86. The summed E-state index contributed by atoms with van der Waals surface area (Å²) >= 11 is 0. The maximum Gasteiger partial charge on any atom is 0.224 e. The maximum absolute atomic E-state index is 12.1. The van der Waals surface area contributed by atoms with Crippen molar-refractivity contribution in [2.75, 3.05) is 25.5 Å². The van der Waals surface area contributed by atoms with Gasteiger partial charge in [0, 0.05) is 18.5 Å². The smallest absolute Gasteiger partial charge is 0.224 e. The fraction of sp³-hybridized carbons (Fsp3) is 0.292. The van der Waals surface area contributed by atoms with E-state index >= 15 is 0 Å². The first-order chi connectivity index (χ1) is 14.5. The first-order valence-electron chi connectivity index (χ1n) is 9.95. The molecule has 0 fully saturated rings. The molecule has 154 valence electrons. The van der Waals surface area contributed by atoms with Crippen molar-refractivity contribution in [3.63, 3.8) is 0 Å². The van der Waals surface area contributed by atoms with Gasteiger partial charge in [-0.15, -0.1) is 0 Å². The molecule has 0 radical (unpaired) electrons. The fourth-order valence-corrected chi connectivity index (χ4v) is 3.42. The molecular weight excluding hydrogens is 376 g/mol. The summed E-state index contributed by atoms with van der Waals surface area (Å²) in [7, 11) is 1.61. The number of rotatable bonds is 8. The molecule has 1 aromatic heterocycles. The van der Waals surface area contributed by atoms with Crippen LogP contribution in [-0.4, -0.2) is 31.1 Å². The molecule has 0 saturated heterocycles. The van der Waals surface area contributed by atoms with Crippen molar-refractivity contribution in [3.8, 4) is 11.8 Å². The number of anilines is 1. The minimum atomic E-state index is -0.0317. The van der Waals surface area contributed by atoms with Gasteiger partial charge in [-0.3, -0.25) is 4.79 Å². The van der Waals surface area contributed by atoms with Crippen LogP contribution < -0.4 is 15.4 Å². The van der Waals surface area contributed by atoms with Crippen molar-refractivity contribution in [3.05, 3.63) is 64.7 Å². The molecule has 0 bridgehead atoms. The Bertz CT molecular complexity index is 1100. The predicted molar refractivity (Wildman–Crippen MR) is 119 cm³/mol. The average Bonchev–Trinajstić information content (AvgIpc) is 2.73. The summed E-state index contributed by atoms with van der Waals surface area (Å²) in [5.41, 5.74) is 4.57. The quantitative estimate of drug-likeness (QED) is 0.558. The average molecular weight is 402 g/mol. The minimum absolute atomic E-state index is 0.0317. The third-order valence-corrected chi connectivity index (χ3v) is 4.84. The van der Waals surface area contributed by atoms with Gasteiger partial charge < -0.3 is 15.4 Å². The number of hydrogen-bond acceptors (Lipinski definition) is 5. The van der Waals surface area contributed by atoms with E-state index in [1.54, 1.807) is 7.11 Å². The Labute approximate surface area is 176 Å². The Morgan fingerprint density at radius 3 is 2.77 bits per heavy atom. The number of methoxy groups -OCH3 is 1. The number of nitrogens with one attached hydrogen (secondary N) is 2. The number of aromatic nitrogens is 1. The normalized spacial score (nSPS) is 10.5. The van der Waals surface area contributed by atoms with E-state index in [1.807, 2.05) is 50.2 Å². The number of carbonyl (C=O) groups excluding carboxylic acids is 1. The summed E-state index contributed by atoms with van der Waals surface area (Å²) in [6, 6.07) is 15.7. The number of nitriles is 1. The van der Waals surface area contributed by atoms with Crippen molar-refractivity contribution >= 4 is 22.6 Å². The number of benzene rings is 2. The molecule has 0 unspecified atom stereocenters. The lowest BCUT2D eigenvalue weighted by Gasteiger charge is -2.11. The third-order valence-electron chi connectivity index (χ3n) is 4.84. The molecule has 3 aromatic rings. The highest BCUT2D eigenvalue weighted by Crippen LogP contribution is 2.24. The molecular formula is C24H26N4O2. The molecule has 1 heterocycles. The van der Waals surface area contributed by atoms with E-state index in [9.17, 15) is 10.1 Å². The van der Waals surface area contributed by atoms with Gasteiger partial charge in [0.05, 0.1) is 24.6 Å². The molecule has 3 rings (SSSR count). The van der Waals surface area contributed by atoms with E-state index in [0.717, 1.165) is 39.8 Å². The second kappa shape index (κ2) is 9.75. The summed E-state index contributed by atoms with van der Waals surface area (Å²) in [4.78, 5) is 16.8. The first-order valence-corrected chi connectivity index (χ1v) is 9.95. The molecule has 2 N–H and O–H groups in total. The zero-order valence-corrected chi connectivity index (χ0v) is 17.6. The van der Waals surface area contributed by atoms with Gasteiger partial charge in [0.1, 0.15) is 17.6 Å². The second-order valence-electron chi connectivity index (χ2n) is 7.31. The van der Waals surface area contributed by atoms with Crippen LogP contribution in [0.5, 0.6) is 5.75 Å². The Hall–Kier alpha value is -3.59. The van der Waals surface area contributed by atoms with Gasteiger partial charge in [-0.25, -0.2) is 4.98 Å². The molecule has 0 aliphatic rings. The number of hydrogen-bond donors (Lipinski definition) is 2. The number of amides is 1. The van der Waals surface area contributed by atoms with Crippen LogP contribution in [0.1, 0.15) is 28.7 Å². The summed E-state index contributed by atoms with van der Waals surface area (Å²) in [6.07, 6.45) is 1.04. The number of aryl methyl sites for hydroxylation is 2. The van der Waals surface area contributed by atoms with Crippen LogP contribution in [0, 0.1) is 25.2 Å².